The fraction of sp³-hybridized carbons (Fsp3) is 0.400. The number of allylic oxidation sites excluding steroid dienone is 1. The number of carbonyl (C=O) groups is 1. The lowest BCUT2D eigenvalue weighted by Crippen LogP contribution is -2.36. The van der Waals surface area contributed by atoms with E-state index in [1.54, 1.807) is 17.9 Å². The zero-order valence-electron chi connectivity index (χ0n) is 23.7. The summed E-state index contributed by atoms with van der Waals surface area (Å²) in [5.41, 5.74) is 9.95. The van der Waals surface area contributed by atoms with Crippen molar-refractivity contribution >= 4 is 17.3 Å². The maximum Gasteiger partial charge on any atom is 0.416 e. The van der Waals surface area contributed by atoms with Gasteiger partial charge in [0.05, 0.1) is 40.5 Å². The average Bonchev–Trinajstić information content (AvgIpc) is 3.44. The Balaban J connectivity index is 1.37. The van der Waals surface area contributed by atoms with Gasteiger partial charge in [0.15, 0.2) is 4.90 Å². The molecule has 2 heterocycles. The molecule has 5 atom stereocenters. The number of fused-ring (bicyclic) bond motifs is 2. The van der Waals surface area contributed by atoms with Crippen molar-refractivity contribution in [3.05, 3.63) is 88.0 Å². The molecule has 1 saturated carbocycles. The van der Waals surface area contributed by atoms with Crippen molar-refractivity contribution in [2.24, 2.45) is 23.4 Å². The van der Waals surface area contributed by atoms with Crippen LogP contribution in [0.4, 0.5) is 13.2 Å². The van der Waals surface area contributed by atoms with Gasteiger partial charge in [0.1, 0.15) is 5.56 Å². The molecule has 2 unspecified atom stereocenters. The number of halogens is 3. The minimum absolute atomic E-state index is 0.0721. The van der Waals surface area contributed by atoms with Crippen molar-refractivity contribution in [2.45, 2.75) is 55.6 Å². The van der Waals surface area contributed by atoms with Crippen molar-refractivity contribution in [2.75, 3.05) is 13.6 Å². The maximum absolute atomic E-state index is 14.0. The number of hydrogen-bond acceptors (Lipinski definition) is 7. The summed E-state index contributed by atoms with van der Waals surface area (Å²) in [5, 5.41) is 15.8. The van der Waals surface area contributed by atoms with Crippen LogP contribution in [0.1, 0.15) is 70.0 Å². The number of rotatable bonds is 6. The van der Waals surface area contributed by atoms with Gasteiger partial charge in [0.2, 0.25) is 0 Å². The van der Waals surface area contributed by atoms with E-state index < -0.39 is 29.1 Å². The number of hydrazine groups is 1. The zero-order valence-corrected chi connectivity index (χ0v) is 24.5. The molecule has 6 rings (SSSR count). The molecule has 2 aromatic carbocycles. The van der Waals surface area contributed by atoms with Crippen LogP contribution in [0.2, 0.25) is 0 Å². The molecule has 5 N–H and O–H groups in total. The first-order valence-corrected chi connectivity index (χ1v) is 15.2. The van der Waals surface area contributed by atoms with E-state index in [2.05, 4.69) is 5.10 Å². The van der Waals surface area contributed by atoms with Crippen LogP contribution >= 0.6 is 0 Å². The lowest BCUT2D eigenvalue weighted by molar-refractivity contribution is -0.137. The molecule has 9 nitrogen and oxygen atoms in total. The monoisotopic (exact) mass is 614 g/mol. The molecular formula is C30H33F3N6O3S. The predicted octanol–water partition coefficient (Wildman–Crippen LogP) is 4.50. The molecule has 0 bridgehead atoms. The largest absolute Gasteiger partial charge is 0.593 e. The summed E-state index contributed by atoms with van der Waals surface area (Å²) in [6.45, 7) is 2.47. The van der Waals surface area contributed by atoms with Crippen LogP contribution in [0.25, 0.3) is 5.69 Å². The Kier molecular flexibility index (Phi) is 7.48. The van der Waals surface area contributed by atoms with Gasteiger partial charge in [0.25, 0.3) is 0 Å². The molecule has 0 amide bonds. The number of aromatic carboxylic acids is 1. The van der Waals surface area contributed by atoms with Crippen LogP contribution in [-0.4, -0.2) is 48.3 Å². The zero-order chi connectivity index (χ0) is 30.8. The first kappa shape index (κ1) is 29.5. The quantitative estimate of drug-likeness (QED) is 0.210. The Morgan fingerprint density at radius 3 is 2.74 bits per heavy atom. The fourth-order valence-electron chi connectivity index (χ4n) is 6.62. The smallest absolute Gasteiger partial charge is 0.416 e. The Morgan fingerprint density at radius 2 is 2.05 bits per heavy atom. The highest BCUT2D eigenvalue weighted by molar-refractivity contribution is 7.89. The number of alkyl halides is 3. The second-order valence-corrected chi connectivity index (χ2v) is 13.2. The van der Waals surface area contributed by atoms with Gasteiger partial charge in [-0.2, -0.15) is 18.3 Å². The Hall–Kier alpha value is -3.52. The molecule has 1 aliphatic heterocycles. The first-order chi connectivity index (χ1) is 20.3. The molecule has 0 spiro atoms. The van der Waals surface area contributed by atoms with Crippen molar-refractivity contribution < 1.29 is 27.6 Å². The van der Waals surface area contributed by atoms with E-state index in [1.165, 1.54) is 17.3 Å². The van der Waals surface area contributed by atoms with Gasteiger partial charge in [-0.3, -0.25) is 0 Å². The number of nitrogens with zero attached hydrogens (tertiary/aromatic N) is 4. The van der Waals surface area contributed by atoms with Crippen molar-refractivity contribution in [1.29, 1.82) is 0 Å². The molecule has 1 fully saturated rings. The third kappa shape index (κ3) is 5.39. The van der Waals surface area contributed by atoms with E-state index >= 15 is 0 Å². The molecule has 228 valence electrons. The summed E-state index contributed by atoms with van der Waals surface area (Å²) in [7, 11) is 1.66. The molecule has 2 aliphatic carbocycles. The number of nitrogens with two attached hydrogens (primary N) is 2. The highest BCUT2D eigenvalue weighted by atomic mass is 32.2. The number of carboxylic acids is 1. The minimum Gasteiger partial charge on any atom is -0.593 e. The minimum atomic E-state index is -4.53. The Morgan fingerprint density at radius 1 is 1.28 bits per heavy atom. The lowest BCUT2D eigenvalue weighted by atomic mass is 9.99. The molecule has 0 radical (unpaired) electrons. The highest BCUT2D eigenvalue weighted by Gasteiger charge is 2.46. The maximum atomic E-state index is 14.0. The van der Waals surface area contributed by atoms with E-state index in [0.29, 0.717) is 49.2 Å². The number of carboxylic acid groups (broad SMARTS) is 1. The Labute approximate surface area is 250 Å². The van der Waals surface area contributed by atoms with Crippen LogP contribution in [0, 0.1) is 11.8 Å². The van der Waals surface area contributed by atoms with Crippen LogP contribution in [-0.2, 0) is 30.4 Å². The summed E-state index contributed by atoms with van der Waals surface area (Å²) < 4.78 is 58.2. The molecule has 13 heteroatoms. The van der Waals surface area contributed by atoms with Gasteiger partial charge in [-0.15, -0.1) is 4.31 Å². The van der Waals surface area contributed by atoms with Gasteiger partial charge in [-0.05, 0) is 54.9 Å². The summed E-state index contributed by atoms with van der Waals surface area (Å²) in [6, 6.07) is 8.96. The average molecular weight is 615 g/mol. The van der Waals surface area contributed by atoms with E-state index in [1.807, 2.05) is 29.4 Å². The van der Waals surface area contributed by atoms with Gasteiger partial charge >= 0.3 is 12.1 Å². The molecule has 3 aromatic rings. The number of aromatic nitrogens is 2. The second kappa shape index (κ2) is 10.9. The van der Waals surface area contributed by atoms with Gasteiger partial charge < -0.3 is 20.4 Å². The predicted molar refractivity (Wildman–Crippen MR) is 154 cm³/mol. The van der Waals surface area contributed by atoms with E-state index in [0.717, 1.165) is 28.9 Å². The molecule has 3 aliphatic rings. The number of hydrogen-bond donors (Lipinski definition) is 3. The lowest BCUT2D eigenvalue weighted by Gasteiger charge is -2.30. The van der Waals surface area contributed by atoms with Gasteiger partial charge in [0, 0.05) is 49.0 Å². The van der Waals surface area contributed by atoms with Crippen molar-refractivity contribution in [3.8, 4) is 5.69 Å². The van der Waals surface area contributed by atoms with Crippen LogP contribution < -0.4 is 11.6 Å². The Bertz CT molecular complexity index is 1610. The highest BCUT2D eigenvalue weighted by Crippen LogP contribution is 2.52. The molecular weight excluding hydrogens is 581 g/mol. The number of benzene rings is 2. The van der Waals surface area contributed by atoms with Gasteiger partial charge in [-0.1, -0.05) is 25.1 Å². The second-order valence-electron chi connectivity index (χ2n) is 11.8. The van der Waals surface area contributed by atoms with Crippen LogP contribution in [0.3, 0.4) is 0 Å². The fourth-order valence-corrected chi connectivity index (χ4v) is 8.32. The third-order valence-electron chi connectivity index (χ3n) is 8.61. The summed E-state index contributed by atoms with van der Waals surface area (Å²) in [5.74, 6) is 4.49. The van der Waals surface area contributed by atoms with Crippen molar-refractivity contribution in [3.63, 3.8) is 0 Å². The first-order valence-electron chi connectivity index (χ1n) is 14.1. The van der Waals surface area contributed by atoms with E-state index in [-0.39, 0.29) is 34.3 Å². The van der Waals surface area contributed by atoms with Crippen LogP contribution in [0.5, 0.6) is 0 Å². The normalized spacial score (nSPS) is 25.7. The molecule has 0 saturated heterocycles. The summed E-state index contributed by atoms with van der Waals surface area (Å²) >= 11 is -1.80. The van der Waals surface area contributed by atoms with Crippen molar-refractivity contribution in [1.82, 2.24) is 19.1 Å². The summed E-state index contributed by atoms with van der Waals surface area (Å²) in [6.07, 6.45) is 0.862. The van der Waals surface area contributed by atoms with Gasteiger partial charge in [-0.25, -0.2) is 15.3 Å². The molecule has 1 aromatic heterocycles. The van der Waals surface area contributed by atoms with Crippen LogP contribution in [0.15, 0.2) is 59.4 Å². The SMILES string of the molecule is C[C@H]1Cc2ccc(C(F)(F)F)cc2[S+]([O-])N([C@@H]2CCc3c2cccc3-n2ncc(C(=O)O)c2[C@@H]2CC2/C(N)=C/N(C)N)C1. The standard InChI is InChI=1S/C30H33F3N6O3S/c1-16-10-17-6-7-18(30(31,32)33)11-27(17)43(42)38(14-16)25-9-8-20-19(25)4-3-5-26(20)39-28(23(13-36-39)29(40)41)22-12-21(22)24(34)15-37(2)35/h3-7,11,13,15-16,21-22,25H,8-10,12,14,34-35H2,1-2H3,(H,40,41)/b24-15-/t16-,21?,22+,25+,43?/m0/s1. The third-order valence-corrected chi connectivity index (χ3v) is 10.2. The van der Waals surface area contributed by atoms with E-state index in [4.69, 9.17) is 11.6 Å². The topological polar surface area (TPSA) is 137 Å². The molecule has 43 heavy (non-hydrogen) atoms. The van der Waals surface area contributed by atoms with E-state index in [9.17, 15) is 27.6 Å². The summed E-state index contributed by atoms with van der Waals surface area (Å²) in [4.78, 5) is 12.4.